The maximum absolute atomic E-state index is 13.3. The third kappa shape index (κ3) is 4.85. The molecule has 0 aromatic heterocycles. The molecular formula is C23H19ClN2O5S. The van der Waals surface area contributed by atoms with Crippen molar-refractivity contribution in [2.24, 2.45) is 0 Å². The van der Waals surface area contributed by atoms with Crippen LogP contribution in [-0.2, 0) is 14.3 Å². The first-order valence-corrected chi connectivity index (χ1v) is 10.1. The third-order valence-electron chi connectivity index (χ3n) is 4.55. The van der Waals surface area contributed by atoms with Crippen LogP contribution in [0.2, 0.25) is 5.02 Å². The lowest BCUT2D eigenvalue weighted by Crippen LogP contribution is -2.35. The molecule has 7 nitrogen and oxygen atoms in total. The van der Waals surface area contributed by atoms with Gasteiger partial charge in [-0.2, -0.15) is 0 Å². The first-order chi connectivity index (χ1) is 15.4. The van der Waals surface area contributed by atoms with Crippen LogP contribution in [0.4, 0.5) is 5.69 Å². The summed E-state index contributed by atoms with van der Waals surface area (Å²) in [4.78, 5) is 28.1. The fourth-order valence-electron chi connectivity index (χ4n) is 2.99. The van der Waals surface area contributed by atoms with Gasteiger partial charge in [-0.1, -0.05) is 23.6 Å². The molecule has 2 aromatic rings. The summed E-state index contributed by atoms with van der Waals surface area (Å²) in [7, 11) is 2.82. The topological polar surface area (TPSA) is 68.3 Å². The van der Waals surface area contributed by atoms with E-state index in [1.54, 1.807) is 55.7 Å². The van der Waals surface area contributed by atoms with Crippen LogP contribution in [0.1, 0.15) is 5.56 Å². The Morgan fingerprint density at radius 3 is 2.53 bits per heavy atom. The molecule has 0 aliphatic carbocycles. The molecule has 1 saturated heterocycles. The molecule has 1 fully saturated rings. The number of terminal acetylenes is 1. The number of rotatable bonds is 7. The highest BCUT2D eigenvalue weighted by Gasteiger charge is 2.40. The van der Waals surface area contributed by atoms with Crippen molar-refractivity contribution in [1.29, 1.82) is 0 Å². The van der Waals surface area contributed by atoms with Gasteiger partial charge in [-0.3, -0.25) is 14.5 Å². The highest BCUT2D eigenvalue weighted by molar-refractivity contribution is 7.80. The standard InChI is InChI=1S/C23H19ClN2O5S/c1-4-11-31-20-10-5-15(12-18(20)24)13-19-22(28)26(16-6-8-17(29-2)9-7-16)23(32)25(19)14-21(27)30-3/h1,5-10,12-13H,11,14H2,2-3H3/b19-13-. The van der Waals surface area contributed by atoms with Crippen LogP contribution in [0.3, 0.4) is 0 Å². The maximum atomic E-state index is 13.3. The molecule has 164 valence electrons. The Bertz CT molecular complexity index is 1120. The molecule has 0 bridgehead atoms. The second-order valence-corrected chi connectivity index (χ2v) is 7.27. The van der Waals surface area contributed by atoms with E-state index in [4.69, 9.17) is 44.5 Å². The number of benzene rings is 2. The van der Waals surface area contributed by atoms with E-state index in [0.717, 1.165) is 0 Å². The molecule has 1 aliphatic heterocycles. The number of anilines is 1. The van der Waals surface area contributed by atoms with Crippen molar-refractivity contribution in [2.75, 3.05) is 32.3 Å². The summed E-state index contributed by atoms with van der Waals surface area (Å²) >= 11 is 11.8. The smallest absolute Gasteiger partial charge is 0.325 e. The zero-order valence-electron chi connectivity index (χ0n) is 17.3. The quantitative estimate of drug-likeness (QED) is 0.265. The molecule has 0 unspecified atom stereocenters. The van der Waals surface area contributed by atoms with E-state index in [-0.39, 0.29) is 24.0 Å². The number of amides is 1. The summed E-state index contributed by atoms with van der Waals surface area (Å²) in [5.41, 5.74) is 1.35. The Balaban J connectivity index is 1.99. The molecule has 3 rings (SSSR count). The van der Waals surface area contributed by atoms with Crippen molar-refractivity contribution in [3.8, 4) is 23.8 Å². The zero-order valence-corrected chi connectivity index (χ0v) is 18.9. The summed E-state index contributed by atoms with van der Waals surface area (Å²) in [6.45, 7) is -0.146. The largest absolute Gasteiger partial charge is 0.497 e. The van der Waals surface area contributed by atoms with Crippen molar-refractivity contribution >= 4 is 52.6 Å². The number of hydrogen-bond donors (Lipinski definition) is 0. The number of nitrogens with zero attached hydrogens (tertiary/aromatic N) is 2. The van der Waals surface area contributed by atoms with Crippen LogP contribution in [0.25, 0.3) is 6.08 Å². The van der Waals surface area contributed by atoms with Crippen LogP contribution in [0.5, 0.6) is 11.5 Å². The molecule has 0 spiro atoms. The summed E-state index contributed by atoms with van der Waals surface area (Å²) in [6, 6.07) is 11.8. The molecule has 0 atom stereocenters. The molecule has 1 aliphatic rings. The van der Waals surface area contributed by atoms with E-state index < -0.39 is 11.9 Å². The minimum Gasteiger partial charge on any atom is -0.497 e. The van der Waals surface area contributed by atoms with E-state index in [1.165, 1.54) is 16.9 Å². The second kappa shape index (κ2) is 10.2. The Kier molecular flexibility index (Phi) is 7.36. The van der Waals surface area contributed by atoms with Gasteiger partial charge in [-0.15, -0.1) is 6.42 Å². The number of hydrogen-bond acceptors (Lipinski definition) is 6. The predicted molar refractivity (Wildman–Crippen MR) is 126 cm³/mol. The van der Waals surface area contributed by atoms with Crippen molar-refractivity contribution in [3.63, 3.8) is 0 Å². The van der Waals surface area contributed by atoms with Gasteiger partial charge in [0.2, 0.25) is 0 Å². The highest BCUT2D eigenvalue weighted by Crippen LogP contribution is 2.32. The van der Waals surface area contributed by atoms with Crippen LogP contribution < -0.4 is 14.4 Å². The molecule has 0 saturated carbocycles. The van der Waals surface area contributed by atoms with Crippen molar-refractivity contribution in [3.05, 3.63) is 58.7 Å². The summed E-state index contributed by atoms with van der Waals surface area (Å²) in [5, 5.41) is 0.478. The van der Waals surface area contributed by atoms with Crippen LogP contribution in [-0.4, -0.2) is 49.3 Å². The van der Waals surface area contributed by atoms with E-state index in [1.807, 2.05) is 0 Å². The molecule has 1 heterocycles. The minimum absolute atomic E-state index is 0.0800. The fraction of sp³-hybridized carbons (Fsp3) is 0.174. The lowest BCUT2D eigenvalue weighted by molar-refractivity contribution is -0.140. The molecule has 9 heteroatoms. The van der Waals surface area contributed by atoms with Crippen LogP contribution in [0, 0.1) is 12.3 Å². The van der Waals surface area contributed by atoms with Gasteiger partial charge in [0.15, 0.2) is 5.11 Å². The molecule has 1 amide bonds. The van der Waals surface area contributed by atoms with Gasteiger partial charge in [0, 0.05) is 0 Å². The van der Waals surface area contributed by atoms with E-state index >= 15 is 0 Å². The average molecular weight is 471 g/mol. The predicted octanol–water partition coefficient (Wildman–Crippen LogP) is 3.51. The monoisotopic (exact) mass is 470 g/mol. The summed E-state index contributed by atoms with van der Waals surface area (Å²) in [6.07, 6.45) is 6.80. The lowest BCUT2D eigenvalue weighted by atomic mass is 10.1. The third-order valence-corrected chi connectivity index (χ3v) is 5.25. The Hall–Kier alpha value is -3.54. The molecule has 0 radical (unpaired) electrons. The second-order valence-electron chi connectivity index (χ2n) is 6.50. The first-order valence-electron chi connectivity index (χ1n) is 9.34. The normalized spacial score (nSPS) is 14.5. The van der Waals surface area contributed by atoms with E-state index in [2.05, 4.69) is 5.92 Å². The van der Waals surface area contributed by atoms with Gasteiger partial charge in [0.25, 0.3) is 5.91 Å². The van der Waals surface area contributed by atoms with Crippen molar-refractivity contribution < 1.29 is 23.8 Å². The van der Waals surface area contributed by atoms with Gasteiger partial charge >= 0.3 is 5.97 Å². The number of methoxy groups -OCH3 is 2. The Morgan fingerprint density at radius 1 is 1.22 bits per heavy atom. The zero-order chi connectivity index (χ0) is 23.3. The van der Waals surface area contributed by atoms with Gasteiger partial charge < -0.3 is 19.1 Å². The maximum Gasteiger partial charge on any atom is 0.325 e. The number of ether oxygens (including phenoxy) is 3. The molecule has 0 N–H and O–H groups in total. The fourth-order valence-corrected chi connectivity index (χ4v) is 3.58. The number of halogens is 1. The van der Waals surface area contributed by atoms with E-state index in [0.29, 0.717) is 27.8 Å². The number of carbonyl (C=O) groups is 2. The summed E-state index contributed by atoms with van der Waals surface area (Å²) in [5.74, 6) is 2.49. The number of carbonyl (C=O) groups excluding carboxylic acids is 2. The Morgan fingerprint density at radius 2 is 1.94 bits per heavy atom. The van der Waals surface area contributed by atoms with Crippen molar-refractivity contribution in [1.82, 2.24) is 4.90 Å². The van der Waals surface area contributed by atoms with Gasteiger partial charge in [0.05, 0.1) is 24.9 Å². The SMILES string of the molecule is C#CCOc1ccc(/C=C2/C(=O)N(c3ccc(OC)cc3)C(=S)N2CC(=O)OC)cc1Cl. The first kappa shape index (κ1) is 23.1. The van der Waals surface area contributed by atoms with Crippen LogP contribution >= 0.6 is 23.8 Å². The number of thiocarbonyl (C=S) groups is 1. The van der Waals surface area contributed by atoms with Gasteiger partial charge in [0.1, 0.15) is 30.3 Å². The number of esters is 1. The summed E-state index contributed by atoms with van der Waals surface area (Å²) < 4.78 is 15.3. The van der Waals surface area contributed by atoms with E-state index in [9.17, 15) is 9.59 Å². The van der Waals surface area contributed by atoms with Crippen molar-refractivity contribution in [2.45, 2.75) is 0 Å². The molecular weight excluding hydrogens is 452 g/mol. The van der Waals surface area contributed by atoms with Gasteiger partial charge in [-0.25, -0.2) is 0 Å². The lowest BCUT2D eigenvalue weighted by Gasteiger charge is -2.19. The highest BCUT2D eigenvalue weighted by atomic mass is 35.5. The minimum atomic E-state index is -0.543. The Labute approximate surface area is 196 Å². The van der Waals surface area contributed by atoms with Crippen LogP contribution in [0.15, 0.2) is 48.2 Å². The molecule has 2 aromatic carbocycles. The molecule has 32 heavy (non-hydrogen) atoms. The van der Waals surface area contributed by atoms with Gasteiger partial charge in [-0.05, 0) is 60.3 Å². The average Bonchev–Trinajstić information content (AvgIpc) is 3.02.